The molecule has 0 spiro atoms. The molecule has 130 valence electrons. The molecule has 5 rings (SSSR count). The summed E-state index contributed by atoms with van der Waals surface area (Å²) in [5, 5.41) is 13.9. The lowest BCUT2D eigenvalue weighted by atomic mass is 9.78. The Kier molecular flexibility index (Phi) is 3.26. The molecule has 0 saturated carbocycles. The van der Waals surface area contributed by atoms with Gasteiger partial charge in [0, 0.05) is 35.8 Å². The highest BCUT2D eigenvalue weighted by molar-refractivity contribution is 5.62. The zero-order valence-corrected chi connectivity index (χ0v) is 14.7. The Morgan fingerprint density at radius 2 is 2.12 bits per heavy atom. The molecule has 0 aromatic heterocycles. The van der Waals surface area contributed by atoms with Crippen molar-refractivity contribution in [2.75, 3.05) is 19.0 Å². The third kappa shape index (κ3) is 2.17. The summed E-state index contributed by atoms with van der Waals surface area (Å²) >= 11 is 0. The van der Waals surface area contributed by atoms with Gasteiger partial charge >= 0.3 is 0 Å². The number of nitrogens with zero attached hydrogens (tertiary/aromatic N) is 1. The number of benzene rings is 2. The van der Waals surface area contributed by atoms with Gasteiger partial charge in [-0.3, -0.25) is 4.90 Å². The van der Waals surface area contributed by atoms with Crippen LogP contribution in [0.2, 0.25) is 0 Å². The van der Waals surface area contributed by atoms with Crippen molar-refractivity contribution >= 4 is 5.69 Å². The smallest absolute Gasteiger partial charge is 0.165 e. The maximum Gasteiger partial charge on any atom is 0.165 e. The number of aromatic hydroxyl groups is 1. The van der Waals surface area contributed by atoms with Crippen molar-refractivity contribution in [2.45, 2.75) is 44.3 Å². The van der Waals surface area contributed by atoms with Crippen molar-refractivity contribution in [1.82, 2.24) is 4.90 Å². The standard InChI is InChI=1S/C21H24N2O2/c1-12-3-5-14-15-7-8-23-11-16-13(4-6-19(24)21(16)25-2)10-18(23)20(15)22-17(14)9-12/h3-6,9,15,18,20,22,24H,7-8,10-11H2,1-2H3/t15?,18-,20?/m0/s1. The molecule has 1 fully saturated rings. The van der Waals surface area contributed by atoms with Crippen LogP contribution in [0, 0.1) is 6.92 Å². The molecule has 0 bridgehead atoms. The van der Waals surface area contributed by atoms with Gasteiger partial charge in [-0.1, -0.05) is 18.2 Å². The van der Waals surface area contributed by atoms with Gasteiger partial charge < -0.3 is 15.2 Å². The monoisotopic (exact) mass is 336 g/mol. The second kappa shape index (κ2) is 5.40. The molecular formula is C21H24N2O2. The Morgan fingerprint density at radius 3 is 2.96 bits per heavy atom. The summed E-state index contributed by atoms with van der Waals surface area (Å²) in [5.74, 6) is 1.50. The normalized spacial score (nSPS) is 26.9. The van der Waals surface area contributed by atoms with Crippen molar-refractivity contribution in [3.05, 3.63) is 52.6 Å². The largest absolute Gasteiger partial charge is 0.504 e. The highest BCUT2D eigenvalue weighted by Crippen LogP contribution is 2.47. The lowest BCUT2D eigenvalue weighted by Crippen LogP contribution is -2.55. The number of hydrogen-bond acceptors (Lipinski definition) is 4. The molecule has 2 aromatic carbocycles. The Balaban J connectivity index is 1.51. The fourth-order valence-corrected chi connectivity index (χ4v) is 5.12. The van der Waals surface area contributed by atoms with E-state index >= 15 is 0 Å². The molecule has 2 unspecified atom stereocenters. The Bertz CT molecular complexity index is 848. The van der Waals surface area contributed by atoms with Crippen molar-refractivity contribution < 1.29 is 9.84 Å². The van der Waals surface area contributed by atoms with Gasteiger partial charge in [-0.25, -0.2) is 0 Å². The van der Waals surface area contributed by atoms with E-state index in [9.17, 15) is 5.11 Å². The van der Waals surface area contributed by atoms with Gasteiger partial charge in [0.05, 0.1) is 7.11 Å². The second-order valence-corrected chi connectivity index (χ2v) is 7.65. The van der Waals surface area contributed by atoms with Crippen LogP contribution in [0.25, 0.3) is 0 Å². The first-order chi connectivity index (χ1) is 12.2. The molecule has 0 aliphatic carbocycles. The van der Waals surface area contributed by atoms with E-state index in [1.807, 2.05) is 0 Å². The number of rotatable bonds is 1. The van der Waals surface area contributed by atoms with Gasteiger partial charge in [-0.05, 0) is 55.1 Å². The minimum atomic E-state index is 0.247. The summed E-state index contributed by atoms with van der Waals surface area (Å²) in [4.78, 5) is 2.57. The third-order valence-corrected chi connectivity index (χ3v) is 6.31. The van der Waals surface area contributed by atoms with Crippen LogP contribution in [0.3, 0.4) is 0 Å². The molecule has 4 heteroatoms. The molecule has 4 nitrogen and oxygen atoms in total. The predicted octanol–water partition coefficient (Wildman–Crippen LogP) is 3.42. The molecule has 2 aromatic rings. The molecule has 3 atom stereocenters. The van der Waals surface area contributed by atoms with Gasteiger partial charge in [0.25, 0.3) is 0 Å². The SMILES string of the molecule is COc1c(O)ccc2c1CN1CCC3c4ccc(C)cc4NC3[C@@H]1C2. The van der Waals surface area contributed by atoms with Crippen molar-refractivity contribution in [1.29, 1.82) is 0 Å². The molecule has 0 amide bonds. The van der Waals surface area contributed by atoms with Gasteiger partial charge in [-0.2, -0.15) is 0 Å². The van der Waals surface area contributed by atoms with E-state index in [1.165, 1.54) is 28.8 Å². The van der Waals surface area contributed by atoms with E-state index in [2.05, 4.69) is 41.4 Å². The van der Waals surface area contributed by atoms with Gasteiger partial charge in [0.15, 0.2) is 11.5 Å². The fraction of sp³-hybridized carbons (Fsp3) is 0.429. The summed E-state index contributed by atoms with van der Waals surface area (Å²) in [6, 6.07) is 11.6. The van der Waals surface area contributed by atoms with Crippen LogP contribution in [-0.4, -0.2) is 35.7 Å². The van der Waals surface area contributed by atoms with Gasteiger partial charge in [0.2, 0.25) is 0 Å². The lowest BCUT2D eigenvalue weighted by Gasteiger charge is -2.46. The molecular weight excluding hydrogens is 312 g/mol. The number of piperidine rings is 1. The first kappa shape index (κ1) is 15.1. The van der Waals surface area contributed by atoms with Crippen LogP contribution in [0.5, 0.6) is 11.5 Å². The highest BCUT2D eigenvalue weighted by atomic mass is 16.5. The average molecular weight is 336 g/mol. The summed E-state index contributed by atoms with van der Waals surface area (Å²) in [6.45, 7) is 4.11. The molecule has 3 heterocycles. The minimum Gasteiger partial charge on any atom is -0.504 e. The van der Waals surface area contributed by atoms with E-state index in [4.69, 9.17) is 4.74 Å². The third-order valence-electron chi connectivity index (χ3n) is 6.31. The molecule has 3 aliphatic rings. The number of hydrogen-bond donors (Lipinski definition) is 2. The summed E-state index contributed by atoms with van der Waals surface area (Å²) in [5.41, 5.74) is 6.60. The fourth-order valence-electron chi connectivity index (χ4n) is 5.12. The van der Waals surface area contributed by atoms with Crippen molar-refractivity contribution in [3.63, 3.8) is 0 Å². The summed E-state index contributed by atoms with van der Waals surface area (Å²) < 4.78 is 5.48. The summed E-state index contributed by atoms with van der Waals surface area (Å²) in [7, 11) is 1.64. The molecule has 0 radical (unpaired) electrons. The van der Waals surface area contributed by atoms with Crippen molar-refractivity contribution in [2.24, 2.45) is 0 Å². The Hall–Kier alpha value is -2.20. The predicted molar refractivity (Wildman–Crippen MR) is 98.5 cm³/mol. The number of methoxy groups -OCH3 is 1. The number of fused-ring (bicyclic) bond motifs is 6. The topological polar surface area (TPSA) is 44.7 Å². The van der Waals surface area contributed by atoms with Crippen LogP contribution in [0.4, 0.5) is 5.69 Å². The van der Waals surface area contributed by atoms with Crippen LogP contribution >= 0.6 is 0 Å². The quantitative estimate of drug-likeness (QED) is 0.838. The molecule has 25 heavy (non-hydrogen) atoms. The van der Waals surface area contributed by atoms with Crippen LogP contribution in [0.15, 0.2) is 30.3 Å². The maximum absolute atomic E-state index is 10.1. The maximum atomic E-state index is 10.1. The first-order valence-electron chi connectivity index (χ1n) is 9.14. The average Bonchev–Trinajstić information content (AvgIpc) is 2.98. The number of phenolic OH excluding ortho intramolecular Hbond substituents is 1. The van der Waals surface area contributed by atoms with E-state index in [0.29, 0.717) is 23.8 Å². The van der Waals surface area contributed by atoms with Crippen LogP contribution < -0.4 is 10.1 Å². The molecule has 3 aliphatic heterocycles. The second-order valence-electron chi connectivity index (χ2n) is 7.65. The van der Waals surface area contributed by atoms with Crippen LogP contribution in [-0.2, 0) is 13.0 Å². The first-order valence-corrected chi connectivity index (χ1v) is 9.14. The van der Waals surface area contributed by atoms with E-state index < -0.39 is 0 Å². The zero-order chi connectivity index (χ0) is 17.1. The Labute approximate surface area is 148 Å². The van der Waals surface area contributed by atoms with Gasteiger partial charge in [0.1, 0.15) is 0 Å². The summed E-state index contributed by atoms with van der Waals surface area (Å²) in [6.07, 6.45) is 2.19. The zero-order valence-electron chi connectivity index (χ0n) is 14.7. The van der Waals surface area contributed by atoms with E-state index in [1.54, 1.807) is 13.2 Å². The van der Waals surface area contributed by atoms with Crippen molar-refractivity contribution in [3.8, 4) is 11.5 Å². The molecule has 2 N–H and O–H groups in total. The van der Waals surface area contributed by atoms with Crippen LogP contribution in [0.1, 0.15) is 34.6 Å². The number of ether oxygens (including phenoxy) is 1. The van der Waals surface area contributed by atoms with Gasteiger partial charge in [-0.15, -0.1) is 0 Å². The number of anilines is 1. The van der Waals surface area contributed by atoms with E-state index in [-0.39, 0.29) is 5.75 Å². The number of nitrogens with one attached hydrogen (secondary N) is 1. The van der Waals surface area contributed by atoms with E-state index in [0.717, 1.165) is 25.1 Å². The molecule has 1 saturated heterocycles. The number of aryl methyl sites for hydroxylation is 1. The highest BCUT2D eigenvalue weighted by Gasteiger charge is 2.45. The Morgan fingerprint density at radius 1 is 1.24 bits per heavy atom. The number of phenols is 1. The minimum absolute atomic E-state index is 0.247. The lowest BCUT2D eigenvalue weighted by molar-refractivity contribution is 0.104.